The molecule has 0 saturated heterocycles. The third kappa shape index (κ3) is 6.41. The third-order valence-electron chi connectivity index (χ3n) is 13.0. The highest BCUT2D eigenvalue weighted by Crippen LogP contribution is 2.54. The molecule has 4 aliphatic carbocycles. The number of rotatable bonds is 2. The number of hydrogen-bond acceptors (Lipinski definition) is 4. The molecule has 0 spiro atoms. The summed E-state index contributed by atoms with van der Waals surface area (Å²) >= 11 is 7.06. The molecule has 8 aromatic rings. The standard InChI is InChI=1S/C27H22S.C15H12Br.C12H9BO2S/c1-27(2)23-12-5-3-8-19(23)20-15-14-17(16-24(20)27)18-10-7-11-22-21-9-4-6-13-25(21)28-26(18)22;1-15(2)13-6-4-3-5-11(13)12-8-7-10(16)9-14(12)15;14-13(15)10-6-3-5-9-8-4-1-2-7-11(8)16-12(9)10/h3-16,19,23H,1-2H3;3,5-9H,1-2H3;1-7,14-15H/q;+1;. The van der Waals surface area contributed by atoms with Crippen LogP contribution in [0.1, 0.15) is 55.9 Å². The van der Waals surface area contributed by atoms with Crippen molar-refractivity contribution in [2.24, 2.45) is 5.92 Å². The van der Waals surface area contributed by atoms with Crippen molar-refractivity contribution in [3.05, 3.63) is 202 Å². The molecular weight excluding hydrogens is 835 g/mol. The van der Waals surface area contributed by atoms with Crippen molar-refractivity contribution in [3.8, 4) is 11.1 Å². The van der Waals surface area contributed by atoms with E-state index in [1.807, 2.05) is 47.7 Å². The molecule has 6 aromatic carbocycles. The molecule has 2 nitrogen and oxygen atoms in total. The highest BCUT2D eigenvalue weighted by atomic mass is 79.9. The maximum absolute atomic E-state index is 9.31. The van der Waals surface area contributed by atoms with Crippen LogP contribution in [0.15, 0.2) is 174 Å². The van der Waals surface area contributed by atoms with E-state index in [4.69, 9.17) is 0 Å². The Labute approximate surface area is 368 Å². The second-order valence-corrected chi connectivity index (χ2v) is 20.1. The Morgan fingerprint density at radius 3 is 2.07 bits per heavy atom. The van der Waals surface area contributed by atoms with Crippen LogP contribution < -0.4 is 5.46 Å². The minimum Gasteiger partial charge on any atom is -0.423 e. The number of benzene rings is 6. The number of hydrogen-bond donors (Lipinski definition) is 2. The molecule has 2 aromatic heterocycles. The highest BCUT2D eigenvalue weighted by molar-refractivity contribution is 9.10. The van der Waals surface area contributed by atoms with E-state index in [2.05, 4.69) is 171 Å². The molecule has 0 amide bonds. The molecular formula is C54H43BBrO2S2+. The van der Waals surface area contributed by atoms with Crippen molar-refractivity contribution in [1.29, 1.82) is 0 Å². The first-order valence-electron chi connectivity index (χ1n) is 20.5. The lowest BCUT2D eigenvalue weighted by atomic mass is 9.74. The van der Waals surface area contributed by atoms with E-state index in [-0.39, 0.29) is 10.8 Å². The molecule has 2 heterocycles. The average molecular weight is 879 g/mol. The monoisotopic (exact) mass is 877 g/mol. The van der Waals surface area contributed by atoms with E-state index in [1.54, 1.807) is 17.4 Å². The van der Waals surface area contributed by atoms with Gasteiger partial charge in [0.15, 0.2) is 0 Å². The van der Waals surface area contributed by atoms with Gasteiger partial charge in [0.1, 0.15) is 12.2 Å². The summed E-state index contributed by atoms with van der Waals surface area (Å²) in [5, 5.41) is 23.6. The summed E-state index contributed by atoms with van der Waals surface area (Å²) in [6.07, 6.45) is 18.7. The minimum atomic E-state index is -1.41. The van der Waals surface area contributed by atoms with Gasteiger partial charge in [0.05, 0.1) is 22.6 Å². The van der Waals surface area contributed by atoms with Gasteiger partial charge in [-0.1, -0.05) is 151 Å². The summed E-state index contributed by atoms with van der Waals surface area (Å²) in [6.45, 7) is 9.36. The van der Waals surface area contributed by atoms with Crippen LogP contribution in [0.2, 0.25) is 0 Å². The first-order valence-corrected chi connectivity index (χ1v) is 22.9. The Bertz CT molecular complexity index is 3170. The minimum absolute atomic E-state index is 0.0895. The van der Waals surface area contributed by atoms with Gasteiger partial charge in [-0.15, -0.1) is 22.7 Å². The predicted molar refractivity (Wildman–Crippen MR) is 263 cm³/mol. The second-order valence-electron chi connectivity index (χ2n) is 17.1. The number of halogens is 1. The SMILES string of the molecule is CC1(C)C2=C(C=C[C+]=C2)c2ccc(Br)cc21.CC1(C)c2cc(-c3cccc4c3sc3ccccc34)ccc2C2C=CC=CC21.OB(O)c1cccc2c1sc1ccccc12. The van der Waals surface area contributed by atoms with Gasteiger partial charge in [0.25, 0.3) is 0 Å². The molecule has 6 heteroatoms. The first kappa shape index (κ1) is 39.0. The molecule has 0 radical (unpaired) electrons. The molecule has 292 valence electrons. The number of allylic oxidation sites excluding steroid dienone is 10. The topological polar surface area (TPSA) is 40.5 Å². The van der Waals surface area contributed by atoms with Crippen LogP contribution in [0, 0.1) is 12.0 Å². The van der Waals surface area contributed by atoms with Gasteiger partial charge in [-0.2, -0.15) is 0 Å². The lowest BCUT2D eigenvalue weighted by molar-refractivity contribution is 0.394. The van der Waals surface area contributed by atoms with E-state index in [9.17, 15) is 10.0 Å². The van der Waals surface area contributed by atoms with Gasteiger partial charge in [-0.05, 0) is 88.1 Å². The zero-order valence-corrected chi connectivity index (χ0v) is 37.1. The van der Waals surface area contributed by atoms with Crippen molar-refractivity contribution in [2.45, 2.75) is 44.4 Å². The van der Waals surface area contributed by atoms with Crippen molar-refractivity contribution in [1.82, 2.24) is 0 Å². The van der Waals surface area contributed by atoms with Crippen LogP contribution in [-0.2, 0) is 10.8 Å². The van der Waals surface area contributed by atoms with Crippen LogP contribution in [-0.4, -0.2) is 17.2 Å². The Morgan fingerprint density at radius 2 is 1.32 bits per heavy atom. The molecule has 12 rings (SSSR count). The molecule has 0 fully saturated rings. The van der Waals surface area contributed by atoms with Gasteiger partial charge in [-0.25, -0.2) is 0 Å². The van der Waals surface area contributed by atoms with Crippen molar-refractivity contribution in [3.63, 3.8) is 0 Å². The zero-order chi connectivity index (χ0) is 41.3. The largest absolute Gasteiger partial charge is 0.489 e. The predicted octanol–water partition coefficient (Wildman–Crippen LogP) is 14.0. The van der Waals surface area contributed by atoms with Crippen LogP contribution >= 0.6 is 38.6 Å². The smallest absolute Gasteiger partial charge is 0.423 e. The zero-order valence-electron chi connectivity index (χ0n) is 33.9. The van der Waals surface area contributed by atoms with E-state index in [1.165, 1.54) is 74.8 Å². The summed E-state index contributed by atoms with van der Waals surface area (Å²) in [5.41, 5.74) is 12.0. The summed E-state index contributed by atoms with van der Waals surface area (Å²) in [6, 6.07) is 43.0. The summed E-state index contributed by atoms with van der Waals surface area (Å²) < 4.78 is 6.05. The Kier molecular flexibility index (Phi) is 9.80. The lowest BCUT2D eigenvalue weighted by Crippen LogP contribution is -2.29. The fourth-order valence-electron chi connectivity index (χ4n) is 9.89. The van der Waals surface area contributed by atoms with Crippen LogP contribution in [0.25, 0.3) is 57.0 Å². The van der Waals surface area contributed by atoms with E-state index in [0.717, 1.165) is 14.6 Å². The fraction of sp³-hybridized carbons (Fsp3) is 0.148. The molecule has 0 saturated carbocycles. The number of thiophene rings is 2. The van der Waals surface area contributed by atoms with E-state index < -0.39 is 7.12 Å². The fourth-order valence-corrected chi connectivity index (χ4v) is 12.7. The van der Waals surface area contributed by atoms with Crippen LogP contribution in [0.3, 0.4) is 0 Å². The number of fused-ring (bicyclic) bond motifs is 11. The summed E-state index contributed by atoms with van der Waals surface area (Å²) in [4.78, 5) is 0. The van der Waals surface area contributed by atoms with Gasteiger partial charge < -0.3 is 10.0 Å². The maximum Gasteiger partial charge on any atom is 0.489 e. The molecule has 2 unspecified atom stereocenters. The van der Waals surface area contributed by atoms with Crippen molar-refractivity contribution >= 4 is 97.1 Å². The van der Waals surface area contributed by atoms with Crippen molar-refractivity contribution in [2.75, 3.05) is 0 Å². The molecule has 60 heavy (non-hydrogen) atoms. The Hall–Kier alpha value is -5.17. The molecule has 2 N–H and O–H groups in total. The molecule has 0 aliphatic heterocycles. The lowest BCUT2D eigenvalue weighted by Gasteiger charge is -2.29. The van der Waals surface area contributed by atoms with Crippen LogP contribution in [0.4, 0.5) is 0 Å². The van der Waals surface area contributed by atoms with Crippen molar-refractivity contribution < 1.29 is 10.0 Å². The molecule has 0 bridgehead atoms. The third-order valence-corrected chi connectivity index (χ3v) is 15.9. The normalized spacial score (nSPS) is 18.4. The molecule has 4 aliphatic rings. The molecule has 2 atom stereocenters. The average Bonchev–Trinajstić information content (AvgIpc) is 3.97. The maximum atomic E-state index is 9.31. The summed E-state index contributed by atoms with van der Waals surface area (Å²) in [7, 11) is -1.41. The van der Waals surface area contributed by atoms with Gasteiger partial charge >= 0.3 is 7.12 Å². The first-order chi connectivity index (χ1) is 29.0. The highest BCUT2D eigenvalue weighted by Gasteiger charge is 2.45. The van der Waals surface area contributed by atoms with Gasteiger partial charge in [0.2, 0.25) is 0 Å². The quantitative estimate of drug-likeness (QED) is 0.134. The van der Waals surface area contributed by atoms with Gasteiger partial charge in [0, 0.05) is 57.0 Å². The second kappa shape index (κ2) is 15.1. The van der Waals surface area contributed by atoms with Crippen LogP contribution in [0.5, 0.6) is 0 Å². The van der Waals surface area contributed by atoms with E-state index in [0.29, 0.717) is 17.3 Å². The Balaban J connectivity index is 0.000000116. The summed E-state index contributed by atoms with van der Waals surface area (Å²) in [5.74, 6) is 1.08. The van der Waals surface area contributed by atoms with Gasteiger partial charge in [-0.3, -0.25) is 0 Å². The van der Waals surface area contributed by atoms with E-state index >= 15 is 0 Å². The Morgan fingerprint density at radius 1 is 0.650 bits per heavy atom.